The fourth-order valence-electron chi connectivity index (χ4n) is 1.42. The molecule has 2 rings (SSSR count). The van der Waals surface area contributed by atoms with Crippen molar-refractivity contribution in [1.29, 1.82) is 0 Å². The van der Waals surface area contributed by atoms with Crippen molar-refractivity contribution in [2.24, 2.45) is 7.05 Å². The molecule has 3 nitrogen and oxygen atoms in total. The van der Waals surface area contributed by atoms with Gasteiger partial charge < -0.3 is 0 Å². The SMILES string of the molecule is Cn1cc(C(=O)/C=C/c2ccccc2F)cn1. The molecule has 0 bridgehead atoms. The van der Waals surface area contributed by atoms with Crippen molar-refractivity contribution in [2.45, 2.75) is 0 Å². The Morgan fingerprint density at radius 1 is 1.41 bits per heavy atom. The van der Waals surface area contributed by atoms with Gasteiger partial charge in [0, 0.05) is 18.8 Å². The smallest absolute Gasteiger partial charge is 0.189 e. The average Bonchev–Trinajstić information content (AvgIpc) is 2.74. The van der Waals surface area contributed by atoms with E-state index in [9.17, 15) is 9.18 Å². The standard InChI is InChI=1S/C13H11FN2O/c1-16-9-11(8-15-16)13(17)7-6-10-4-2-3-5-12(10)14/h2-9H,1H3/b7-6+. The van der Waals surface area contributed by atoms with Crippen LogP contribution < -0.4 is 0 Å². The van der Waals surface area contributed by atoms with Gasteiger partial charge in [-0.15, -0.1) is 0 Å². The predicted molar refractivity (Wildman–Crippen MR) is 63.0 cm³/mol. The summed E-state index contributed by atoms with van der Waals surface area (Å²) in [5.74, 6) is -0.538. The van der Waals surface area contributed by atoms with Gasteiger partial charge in [-0.1, -0.05) is 18.2 Å². The van der Waals surface area contributed by atoms with E-state index in [1.54, 1.807) is 36.1 Å². The molecule has 0 spiro atoms. The first-order chi connectivity index (χ1) is 8.16. The predicted octanol–water partition coefficient (Wildman–Crippen LogP) is 2.46. The van der Waals surface area contributed by atoms with Gasteiger partial charge in [-0.3, -0.25) is 9.48 Å². The molecule has 0 radical (unpaired) electrons. The van der Waals surface area contributed by atoms with Crippen LogP contribution >= 0.6 is 0 Å². The molecule has 0 aliphatic carbocycles. The lowest BCUT2D eigenvalue weighted by atomic mass is 10.1. The molecular formula is C13H11FN2O. The quantitative estimate of drug-likeness (QED) is 0.599. The summed E-state index contributed by atoms with van der Waals surface area (Å²) >= 11 is 0. The normalized spacial score (nSPS) is 10.9. The van der Waals surface area contributed by atoms with E-state index >= 15 is 0 Å². The number of aromatic nitrogens is 2. The Morgan fingerprint density at radius 2 is 2.18 bits per heavy atom. The molecule has 0 saturated carbocycles. The number of aryl methyl sites for hydroxylation is 1. The molecule has 0 atom stereocenters. The number of hydrogen-bond donors (Lipinski definition) is 0. The van der Waals surface area contributed by atoms with Gasteiger partial charge in [-0.2, -0.15) is 5.10 Å². The molecule has 0 saturated heterocycles. The average molecular weight is 230 g/mol. The number of allylic oxidation sites excluding steroid dienone is 1. The topological polar surface area (TPSA) is 34.9 Å². The lowest BCUT2D eigenvalue weighted by Gasteiger charge is -1.94. The number of carbonyl (C=O) groups is 1. The minimum absolute atomic E-state index is 0.193. The molecule has 1 aromatic carbocycles. The van der Waals surface area contributed by atoms with Crippen molar-refractivity contribution in [2.75, 3.05) is 0 Å². The minimum Gasteiger partial charge on any atom is -0.289 e. The summed E-state index contributed by atoms with van der Waals surface area (Å²) in [5.41, 5.74) is 0.879. The number of carbonyl (C=O) groups excluding carboxylic acids is 1. The van der Waals surface area contributed by atoms with E-state index in [-0.39, 0.29) is 11.6 Å². The Bertz CT molecular complexity index is 572. The molecule has 0 fully saturated rings. The maximum Gasteiger partial charge on any atom is 0.189 e. The molecule has 0 aliphatic rings. The van der Waals surface area contributed by atoms with Gasteiger partial charge >= 0.3 is 0 Å². The highest BCUT2D eigenvalue weighted by atomic mass is 19.1. The van der Waals surface area contributed by atoms with E-state index in [4.69, 9.17) is 0 Å². The maximum atomic E-state index is 13.3. The monoisotopic (exact) mass is 230 g/mol. The van der Waals surface area contributed by atoms with Crippen LogP contribution in [0.4, 0.5) is 4.39 Å². The van der Waals surface area contributed by atoms with Crippen LogP contribution in [0.1, 0.15) is 15.9 Å². The molecule has 4 heteroatoms. The third kappa shape index (κ3) is 2.66. The Balaban J connectivity index is 2.17. The largest absolute Gasteiger partial charge is 0.289 e. The van der Waals surface area contributed by atoms with E-state index in [0.29, 0.717) is 11.1 Å². The molecule has 1 heterocycles. The molecule has 0 N–H and O–H groups in total. The molecule has 0 amide bonds. The second-order valence-corrected chi connectivity index (χ2v) is 3.62. The van der Waals surface area contributed by atoms with Crippen molar-refractivity contribution in [3.05, 3.63) is 59.7 Å². The Hall–Kier alpha value is -2.23. The van der Waals surface area contributed by atoms with Crippen molar-refractivity contribution >= 4 is 11.9 Å². The van der Waals surface area contributed by atoms with E-state index < -0.39 is 0 Å². The molecule has 17 heavy (non-hydrogen) atoms. The fraction of sp³-hybridized carbons (Fsp3) is 0.0769. The van der Waals surface area contributed by atoms with Crippen LogP contribution in [0.2, 0.25) is 0 Å². The van der Waals surface area contributed by atoms with E-state index in [1.165, 1.54) is 24.4 Å². The van der Waals surface area contributed by atoms with Gasteiger partial charge in [0.1, 0.15) is 5.82 Å². The summed E-state index contributed by atoms with van der Waals surface area (Å²) in [7, 11) is 1.73. The van der Waals surface area contributed by atoms with Crippen LogP contribution in [0.3, 0.4) is 0 Å². The number of nitrogens with zero attached hydrogens (tertiary/aromatic N) is 2. The first-order valence-electron chi connectivity index (χ1n) is 5.12. The molecule has 86 valence electrons. The lowest BCUT2D eigenvalue weighted by Crippen LogP contribution is -1.92. The molecule has 1 aromatic heterocycles. The molecule has 2 aromatic rings. The van der Waals surface area contributed by atoms with E-state index in [2.05, 4.69) is 5.10 Å². The number of hydrogen-bond acceptors (Lipinski definition) is 2. The summed E-state index contributed by atoms with van der Waals surface area (Å²) in [4.78, 5) is 11.7. The highest BCUT2D eigenvalue weighted by Gasteiger charge is 2.04. The van der Waals surface area contributed by atoms with E-state index in [1.807, 2.05) is 0 Å². The number of halogens is 1. The summed E-state index contributed by atoms with van der Waals surface area (Å²) < 4.78 is 14.8. The maximum absolute atomic E-state index is 13.3. The summed E-state index contributed by atoms with van der Waals surface area (Å²) in [6, 6.07) is 6.30. The van der Waals surface area contributed by atoms with Crippen molar-refractivity contribution in [3.8, 4) is 0 Å². The number of rotatable bonds is 3. The van der Waals surface area contributed by atoms with Gasteiger partial charge in [0.15, 0.2) is 5.78 Å². The third-order valence-electron chi connectivity index (χ3n) is 2.31. The van der Waals surface area contributed by atoms with Gasteiger partial charge in [0.05, 0.1) is 11.8 Å². The van der Waals surface area contributed by atoms with Crippen molar-refractivity contribution in [3.63, 3.8) is 0 Å². The third-order valence-corrected chi connectivity index (χ3v) is 2.31. The molecular weight excluding hydrogens is 219 g/mol. The Kier molecular flexibility index (Phi) is 3.14. The summed E-state index contributed by atoms with van der Waals surface area (Å²) in [6.45, 7) is 0. The van der Waals surface area contributed by atoms with Crippen LogP contribution in [0.5, 0.6) is 0 Å². The zero-order valence-electron chi connectivity index (χ0n) is 9.30. The lowest BCUT2D eigenvalue weighted by molar-refractivity contribution is 0.104. The zero-order chi connectivity index (χ0) is 12.3. The number of ketones is 1. The van der Waals surface area contributed by atoms with Crippen LogP contribution in [-0.2, 0) is 7.05 Å². The summed E-state index contributed by atoms with van der Waals surface area (Å²) in [5, 5.41) is 3.90. The van der Waals surface area contributed by atoms with E-state index in [0.717, 1.165) is 0 Å². The first-order valence-corrected chi connectivity index (χ1v) is 5.12. The van der Waals surface area contributed by atoms with Gasteiger partial charge in [-0.05, 0) is 18.2 Å². The molecule has 0 aliphatic heterocycles. The van der Waals surface area contributed by atoms with Crippen LogP contribution in [0, 0.1) is 5.82 Å². The van der Waals surface area contributed by atoms with Crippen LogP contribution in [-0.4, -0.2) is 15.6 Å². The summed E-state index contributed by atoms with van der Waals surface area (Å²) in [6.07, 6.45) is 5.90. The second kappa shape index (κ2) is 4.74. The highest BCUT2D eigenvalue weighted by molar-refractivity contribution is 6.06. The Morgan fingerprint density at radius 3 is 2.82 bits per heavy atom. The van der Waals surface area contributed by atoms with Crippen LogP contribution in [0.15, 0.2) is 42.7 Å². The first kappa shape index (κ1) is 11.3. The van der Waals surface area contributed by atoms with Crippen molar-refractivity contribution < 1.29 is 9.18 Å². The second-order valence-electron chi connectivity index (χ2n) is 3.62. The molecule has 0 unspecified atom stereocenters. The Labute approximate surface area is 98.2 Å². The van der Waals surface area contributed by atoms with Gasteiger partial charge in [0.2, 0.25) is 0 Å². The van der Waals surface area contributed by atoms with Gasteiger partial charge in [0.25, 0.3) is 0 Å². The minimum atomic E-state index is -0.345. The van der Waals surface area contributed by atoms with Crippen molar-refractivity contribution in [1.82, 2.24) is 9.78 Å². The number of benzene rings is 1. The zero-order valence-corrected chi connectivity index (χ0v) is 9.30. The van der Waals surface area contributed by atoms with Crippen LogP contribution in [0.25, 0.3) is 6.08 Å². The van der Waals surface area contributed by atoms with Gasteiger partial charge in [-0.25, -0.2) is 4.39 Å². The fourth-order valence-corrected chi connectivity index (χ4v) is 1.42. The highest BCUT2D eigenvalue weighted by Crippen LogP contribution is 2.09.